The second-order valence-electron chi connectivity index (χ2n) is 3.69. The highest BCUT2D eigenvalue weighted by atomic mass is 127. The fourth-order valence-electron chi connectivity index (χ4n) is 1.46. The summed E-state index contributed by atoms with van der Waals surface area (Å²) in [5.74, 6) is -4.20. The quantitative estimate of drug-likeness (QED) is 0.354. The lowest BCUT2D eigenvalue weighted by atomic mass is 10.2. The van der Waals surface area contributed by atoms with E-state index in [1.165, 1.54) is 12.1 Å². The van der Waals surface area contributed by atoms with Gasteiger partial charge >= 0.3 is 0 Å². The van der Waals surface area contributed by atoms with Crippen LogP contribution in [-0.4, -0.2) is 0 Å². The van der Waals surface area contributed by atoms with Crippen LogP contribution in [0.5, 0.6) is 0 Å². The number of hydrogen-bond acceptors (Lipinski definition) is 2. The molecule has 0 saturated carbocycles. The minimum absolute atomic E-state index is 0.289. The molecule has 2 aromatic rings. The summed E-state index contributed by atoms with van der Waals surface area (Å²) in [7, 11) is 0. The van der Waals surface area contributed by atoms with Crippen LogP contribution in [0.4, 0.5) is 34.6 Å². The summed E-state index contributed by atoms with van der Waals surface area (Å²) < 4.78 is 53.3. The van der Waals surface area contributed by atoms with Crippen LogP contribution < -0.4 is 11.1 Å². The van der Waals surface area contributed by atoms with E-state index in [1.807, 2.05) is 0 Å². The summed E-state index contributed by atoms with van der Waals surface area (Å²) in [6.07, 6.45) is 0. The molecule has 0 bridgehead atoms. The molecule has 0 radical (unpaired) electrons. The number of anilines is 3. The van der Waals surface area contributed by atoms with Gasteiger partial charge in [-0.1, -0.05) is 0 Å². The Morgan fingerprint density at radius 1 is 1.00 bits per heavy atom. The molecule has 0 heterocycles. The SMILES string of the molecule is Nc1c(F)cc(F)c(F)c1Nc1ccc(F)cc1I. The lowest BCUT2D eigenvalue weighted by Gasteiger charge is -2.13. The molecule has 2 aromatic carbocycles. The van der Waals surface area contributed by atoms with Crippen LogP contribution in [0.15, 0.2) is 24.3 Å². The maximum Gasteiger partial charge on any atom is 0.184 e. The minimum Gasteiger partial charge on any atom is -0.395 e. The van der Waals surface area contributed by atoms with Crippen LogP contribution in [0, 0.1) is 26.8 Å². The molecule has 0 aliphatic rings. The van der Waals surface area contributed by atoms with Gasteiger partial charge in [0.05, 0.1) is 11.4 Å². The Hall–Kier alpha value is -1.51. The van der Waals surface area contributed by atoms with E-state index in [2.05, 4.69) is 5.32 Å². The predicted molar refractivity (Wildman–Crippen MR) is 73.1 cm³/mol. The number of benzene rings is 2. The van der Waals surface area contributed by atoms with E-state index in [-0.39, 0.29) is 5.69 Å². The van der Waals surface area contributed by atoms with E-state index in [4.69, 9.17) is 5.73 Å². The van der Waals surface area contributed by atoms with Crippen molar-refractivity contribution in [2.24, 2.45) is 0 Å². The molecule has 3 N–H and O–H groups in total. The van der Waals surface area contributed by atoms with Gasteiger partial charge in [0, 0.05) is 9.64 Å². The zero-order valence-corrected chi connectivity index (χ0v) is 11.4. The minimum atomic E-state index is -1.36. The zero-order chi connectivity index (χ0) is 14.2. The first kappa shape index (κ1) is 13.9. The number of nitrogens with two attached hydrogens (primary N) is 1. The summed E-state index contributed by atoms with van der Waals surface area (Å²) in [6, 6.07) is 4.01. The van der Waals surface area contributed by atoms with Gasteiger partial charge in [0.15, 0.2) is 17.5 Å². The van der Waals surface area contributed by atoms with Crippen molar-refractivity contribution in [3.05, 3.63) is 51.1 Å². The number of rotatable bonds is 2. The zero-order valence-electron chi connectivity index (χ0n) is 9.28. The molecule has 0 fully saturated rings. The molecule has 0 aliphatic carbocycles. The maximum atomic E-state index is 13.6. The van der Waals surface area contributed by atoms with Gasteiger partial charge in [-0.05, 0) is 40.8 Å². The Bertz CT molecular complexity index is 620. The molecule has 0 unspecified atom stereocenters. The topological polar surface area (TPSA) is 38.0 Å². The second kappa shape index (κ2) is 5.24. The average molecular weight is 382 g/mol. The van der Waals surface area contributed by atoms with Gasteiger partial charge in [0.25, 0.3) is 0 Å². The van der Waals surface area contributed by atoms with Crippen LogP contribution in [0.25, 0.3) is 0 Å². The van der Waals surface area contributed by atoms with Crippen molar-refractivity contribution in [3.63, 3.8) is 0 Å². The first-order valence-corrected chi connectivity index (χ1v) is 6.13. The van der Waals surface area contributed by atoms with Crippen LogP contribution in [0.2, 0.25) is 0 Å². The molecule has 19 heavy (non-hydrogen) atoms. The predicted octanol–water partition coefficient (Wildman–Crippen LogP) is 4.17. The summed E-state index contributed by atoms with van der Waals surface area (Å²) in [4.78, 5) is 0. The number of halogens is 5. The second-order valence-corrected chi connectivity index (χ2v) is 4.85. The van der Waals surface area contributed by atoms with E-state index in [9.17, 15) is 17.6 Å². The van der Waals surface area contributed by atoms with Crippen molar-refractivity contribution in [1.82, 2.24) is 0 Å². The number of nitrogen functional groups attached to an aromatic ring is 1. The van der Waals surface area contributed by atoms with E-state index >= 15 is 0 Å². The highest BCUT2D eigenvalue weighted by molar-refractivity contribution is 14.1. The van der Waals surface area contributed by atoms with E-state index in [0.29, 0.717) is 9.64 Å². The highest BCUT2D eigenvalue weighted by Gasteiger charge is 2.17. The molecule has 0 aromatic heterocycles. The van der Waals surface area contributed by atoms with Crippen molar-refractivity contribution >= 4 is 39.7 Å². The molecule has 0 aliphatic heterocycles. The Morgan fingerprint density at radius 2 is 1.68 bits per heavy atom. The van der Waals surface area contributed by atoms with Crippen molar-refractivity contribution in [2.45, 2.75) is 0 Å². The third-order valence-electron chi connectivity index (χ3n) is 2.40. The molecule has 100 valence electrons. The molecule has 0 spiro atoms. The molecule has 0 atom stereocenters. The average Bonchev–Trinajstić information content (AvgIpc) is 2.34. The van der Waals surface area contributed by atoms with Gasteiger partial charge < -0.3 is 11.1 Å². The lowest BCUT2D eigenvalue weighted by Crippen LogP contribution is -2.05. The number of hydrogen-bond donors (Lipinski definition) is 2. The molecule has 2 rings (SSSR count). The summed E-state index contributed by atoms with van der Waals surface area (Å²) in [5.41, 5.74) is 4.59. The van der Waals surface area contributed by atoms with Crippen molar-refractivity contribution in [2.75, 3.05) is 11.1 Å². The fraction of sp³-hybridized carbons (Fsp3) is 0. The van der Waals surface area contributed by atoms with Crippen molar-refractivity contribution in [1.29, 1.82) is 0 Å². The molecular formula is C12H7F4IN2. The number of nitrogens with one attached hydrogen (secondary N) is 1. The van der Waals surface area contributed by atoms with Gasteiger partial charge in [-0.25, -0.2) is 17.6 Å². The van der Waals surface area contributed by atoms with Gasteiger partial charge in [-0.15, -0.1) is 0 Å². The Labute approximate surface area is 119 Å². The van der Waals surface area contributed by atoms with Crippen LogP contribution in [0.3, 0.4) is 0 Å². The van der Waals surface area contributed by atoms with Crippen LogP contribution in [-0.2, 0) is 0 Å². The normalized spacial score (nSPS) is 10.6. The third kappa shape index (κ3) is 2.75. The smallest absolute Gasteiger partial charge is 0.184 e. The van der Waals surface area contributed by atoms with Gasteiger partial charge in [0.1, 0.15) is 11.5 Å². The van der Waals surface area contributed by atoms with Crippen LogP contribution >= 0.6 is 22.6 Å². The standard InChI is InChI=1S/C12H7F4IN2/c13-5-1-2-9(8(17)3-5)19-12-10(16)6(14)4-7(15)11(12)18/h1-4,19H,18H2. The Kier molecular flexibility index (Phi) is 3.83. The van der Waals surface area contributed by atoms with Crippen molar-refractivity contribution < 1.29 is 17.6 Å². The molecule has 0 saturated heterocycles. The first-order chi connectivity index (χ1) is 8.90. The van der Waals surface area contributed by atoms with E-state index < -0.39 is 34.6 Å². The lowest BCUT2D eigenvalue weighted by molar-refractivity contribution is 0.500. The molecule has 2 nitrogen and oxygen atoms in total. The Balaban J connectivity index is 2.49. The molecular weight excluding hydrogens is 375 g/mol. The fourth-order valence-corrected chi connectivity index (χ4v) is 2.07. The van der Waals surface area contributed by atoms with E-state index in [0.717, 1.165) is 6.07 Å². The summed E-state index contributed by atoms with van der Waals surface area (Å²) in [6.45, 7) is 0. The monoisotopic (exact) mass is 382 g/mol. The molecule has 0 amide bonds. The molecule has 7 heteroatoms. The summed E-state index contributed by atoms with van der Waals surface area (Å²) in [5, 5.41) is 2.46. The summed E-state index contributed by atoms with van der Waals surface area (Å²) >= 11 is 1.80. The highest BCUT2D eigenvalue weighted by Crippen LogP contribution is 2.32. The third-order valence-corrected chi connectivity index (χ3v) is 3.29. The largest absolute Gasteiger partial charge is 0.395 e. The van der Waals surface area contributed by atoms with E-state index in [1.54, 1.807) is 22.6 Å². The maximum absolute atomic E-state index is 13.6. The van der Waals surface area contributed by atoms with Crippen molar-refractivity contribution in [3.8, 4) is 0 Å². The first-order valence-electron chi connectivity index (χ1n) is 5.05. The van der Waals surface area contributed by atoms with Gasteiger partial charge in [-0.3, -0.25) is 0 Å². The Morgan fingerprint density at radius 3 is 2.32 bits per heavy atom. The van der Waals surface area contributed by atoms with Gasteiger partial charge in [0.2, 0.25) is 0 Å². The van der Waals surface area contributed by atoms with Gasteiger partial charge in [-0.2, -0.15) is 0 Å². The van der Waals surface area contributed by atoms with Crippen LogP contribution in [0.1, 0.15) is 0 Å².